The van der Waals surface area contributed by atoms with Crippen LogP contribution >= 0.6 is 11.6 Å². The highest BCUT2D eigenvalue weighted by molar-refractivity contribution is 6.34. The molecule has 1 fully saturated rings. The Morgan fingerprint density at radius 1 is 1.42 bits per heavy atom. The average Bonchev–Trinajstić information content (AvgIpc) is 2.40. The van der Waals surface area contributed by atoms with Crippen LogP contribution in [-0.4, -0.2) is 12.5 Å². The maximum Gasteiger partial charge on any atom is 0.252 e. The van der Waals surface area contributed by atoms with Gasteiger partial charge in [0, 0.05) is 12.2 Å². The lowest BCUT2D eigenvalue weighted by atomic mass is 9.80. The molecule has 0 bridgehead atoms. The van der Waals surface area contributed by atoms with E-state index in [0.29, 0.717) is 28.1 Å². The van der Waals surface area contributed by atoms with Crippen LogP contribution in [0, 0.1) is 11.8 Å². The molecule has 1 saturated carbocycles. The zero-order chi connectivity index (χ0) is 13.8. The van der Waals surface area contributed by atoms with E-state index in [0.717, 1.165) is 6.54 Å². The summed E-state index contributed by atoms with van der Waals surface area (Å²) in [5.41, 5.74) is 6.71. The topological polar surface area (TPSA) is 55.1 Å². The maximum atomic E-state index is 12.1. The minimum absolute atomic E-state index is 0.130. The second-order valence-corrected chi connectivity index (χ2v) is 5.88. The number of anilines is 1. The van der Waals surface area contributed by atoms with Gasteiger partial charge >= 0.3 is 0 Å². The van der Waals surface area contributed by atoms with Gasteiger partial charge in [-0.25, -0.2) is 0 Å². The number of amides is 1. The third kappa shape index (κ3) is 3.63. The molecule has 3 nitrogen and oxygen atoms in total. The first-order valence-electron chi connectivity index (χ1n) is 6.91. The predicted molar refractivity (Wildman–Crippen MR) is 79.3 cm³/mol. The summed E-state index contributed by atoms with van der Waals surface area (Å²) in [6.45, 7) is 2.99. The van der Waals surface area contributed by atoms with E-state index in [-0.39, 0.29) is 5.91 Å². The highest BCUT2D eigenvalue weighted by Gasteiger charge is 2.22. The van der Waals surface area contributed by atoms with Gasteiger partial charge in [-0.1, -0.05) is 37.8 Å². The Morgan fingerprint density at radius 3 is 2.89 bits per heavy atom. The Hall–Kier alpha value is -1.22. The number of nitrogens with two attached hydrogens (primary N) is 1. The third-order valence-electron chi connectivity index (χ3n) is 4.05. The molecule has 2 unspecified atom stereocenters. The Kier molecular flexibility index (Phi) is 4.70. The second-order valence-electron chi connectivity index (χ2n) is 5.47. The van der Waals surface area contributed by atoms with Crippen LogP contribution in [0.15, 0.2) is 18.2 Å². The number of nitrogen functional groups attached to an aromatic ring is 1. The molecule has 1 aromatic rings. The number of hydrogen-bond donors (Lipinski definition) is 2. The van der Waals surface area contributed by atoms with Crippen LogP contribution in [0.5, 0.6) is 0 Å². The Morgan fingerprint density at radius 2 is 2.16 bits per heavy atom. The summed E-state index contributed by atoms with van der Waals surface area (Å²) in [6, 6.07) is 4.99. The van der Waals surface area contributed by atoms with E-state index in [9.17, 15) is 4.79 Å². The van der Waals surface area contributed by atoms with Crippen molar-refractivity contribution in [3.05, 3.63) is 28.8 Å². The quantitative estimate of drug-likeness (QED) is 0.833. The largest absolute Gasteiger partial charge is 0.399 e. The van der Waals surface area contributed by atoms with Crippen molar-refractivity contribution in [1.82, 2.24) is 5.32 Å². The zero-order valence-corrected chi connectivity index (χ0v) is 12.0. The summed E-state index contributed by atoms with van der Waals surface area (Å²) in [6.07, 6.45) is 5.04. The summed E-state index contributed by atoms with van der Waals surface area (Å²) in [4.78, 5) is 12.1. The molecule has 4 heteroatoms. The van der Waals surface area contributed by atoms with Crippen molar-refractivity contribution < 1.29 is 4.79 Å². The van der Waals surface area contributed by atoms with E-state index in [2.05, 4.69) is 12.2 Å². The number of halogens is 1. The molecule has 104 valence electrons. The van der Waals surface area contributed by atoms with Crippen LogP contribution in [0.2, 0.25) is 5.02 Å². The van der Waals surface area contributed by atoms with E-state index in [1.165, 1.54) is 25.7 Å². The van der Waals surface area contributed by atoms with Gasteiger partial charge in [0.1, 0.15) is 0 Å². The number of carbonyl (C=O) groups excluding carboxylic acids is 1. The van der Waals surface area contributed by atoms with Gasteiger partial charge < -0.3 is 11.1 Å². The van der Waals surface area contributed by atoms with Gasteiger partial charge in [-0.2, -0.15) is 0 Å². The minimum Gasteiger partial charge on any atom is -0.399 e. The van der Waals surface area contributed by atoms with Crippen LogP contribution < -0.4 is 11.1 Å². The molecule has 1 amide bonds. The number of nitrogens with one attached hydrogen (secondary N) is 1. The van der Waals surface area contributed by atoms with E-state index >= 15 is 0 Å². The van der Waals surface area contributed by atoms with Gasteiger partial charge in [-0.3, -0.25) is 4.79 Å². The van der Waals surface area contributed by atoms with E-state index in [1.54, 1.807) is 18.2 Å². The molecule has 0 spiro atoms. The van der Waals surface area contributed by atoms with Crippen molar-refractivity contribution >= 4 is 23.2 Å². The van der Waals surface area contributed by atoms with Gasteiger partial charge in [-0.15, -0.1) is 0 Å². The molecule has 1 aliphatic rings. The van der Waals surface area contributed by atoms with Crippen LogP contribution in [0.25, 0.3) is 0 Å². The molecule has 0 heterocycles. The molecular weight excluding hydrogens is 260 g/mol. The molecular formula is C15H21ClN2O. The van der Waals surface area contributed by atoms with Gasteiger partial charge in [0.25, 0.3) is 5.91 Å². The molecule has 2 rings (SSSR count). The van der Waals surface area contributed by atoms with Crippen molar-refractivity contribution in [1.29, 1.82) is 0 Å². The van der Waals surface area contributed by atoms with Crippen molar-refractivity contribution in [2.45, 2.75) is 32.6 Å². The lowest BCUT2D eigenvalue weighted by Crippen LogP contribution is -2.33. The lowest BCUT2D eigenvalue weighted by Gasteiger charge is -2.28. The number of hydrogen-bond acceptors (Lipinski definition) is 2. The van der Waals surface area contributed by atoms with Gasteiger partial charge in [0.2, 0.25) is 0 Å². The molecule has 1 aliphatic carbocycles. The second kappa shape index (κ2) is 6.29. The summed E-state index contributed by atoms with van der Waals surface area (Å²) in [7, 11) is 0. The van der Waals surface area contributed by atoms with E-state index < -0.39 is 0 Å². The Balaban J connectivity index is 1.95. The Labute approximate surface area is 119 Å². The molecule has 2 atom stereocenters. The number of benzene rings is 1. The predicted octanol–water partition coefficient (Wildman–Crippen LogP) is 3.48. The fourth-order valence-electron chi connectivity index (χ4n) is 2.73. The monoisotopic (exact) mass is 280 g/mol. The van der Waals surface area contributed by atoms with Crippen LogP contribution in [0.3, 0.4) is 0 Å². The Bertz CT molecular complexity index is 461. The summed E-state index contributed by atoms with van der Waals surface area (Å²) >= 11 is 6.02. The van der Waals surface area contributed by atoms with Crippen LogP contribution in [0.4, 0.5) is 5.69 Å². The van der Waals surface area contributed by atoms with Crippen molar-refractivity contribution in [2.24, 2.45) is 11.8 Å². The smallest absolute Gasteiger partial charge is 0.252 e. The molecule has 1 aromatic carbocycles. The van der Waals surface area contributed by atoms with Crippen LogP contribution in [-0.2, 0) is 0 Å². The highest BCUT2D eigenvalue weighted by atomic mass is 35.5. The standard InChI is InChI=1S/C15H21ClN2O/c1-10-4-2-3-5-11(10)9-18-15(19)13-8-12(17)6-7-14(13)16/h6-8,10-11H,2-5,9,17H2,1H3,(H,18,19). The first-order chi connectivity index (χ1) is 9.08. The number of rotatable bonds is 3. The molecule has 3 N–H and O–H groups in total. The summed E-state index contributed by atoms with van der Waals surface area (Å²) in [5, 5.41) is 3.44. The average molecular weight is 281 g/mol. The SMILES string of the molecule is CC1CCCCC1CNC(=O)c1cc(N)ccc1Cl. The van der Waals surface area contributed by atoms with E-state index in [4.69, 9.17) is 17.3 Å². The lowest BCUT2D eigenvalue weighted by molar-refractivity contribution is 0.0936. The molecule has 0 aliphatic heterocycles. The van der Waals surface area contributed by atoms with Gasteiger partial charge in [-0.05, 0) is 36.5 Å². The first kappa shape index (κ1) is 14.2. The highest BCUT2D eigenvalue weighted by Crippen LogP contribution is 2.29. The van der Waals surface area contributed by atoms with E-state index in [1.807, 2.05) is 0 Å². The van der Waals surface area contributed by atoms with Gasteiger partial charge in [0.15, 0.2) is 0 Å². The summed E-state index contributed by atoms with van der Waals surface area (Å²) < 4.78 is 0. The zero-order valence-electron chi connectivity index (χ0n) is 11.3. The minimum atomic E-state index is -0.130. The summed E-state index contributed by atoms with van der Waals surface area (Å²) in [5.74, 6) is 1.14. The molecule has 19 heavy (non-hydrogen) atoms. The van der Waals surface area contributed by atoms with Crippen LogP contribution in [0.1, 0.15) is 43.0 Å². The molecule has 0 radical (unpaired) electrons. The molecule has 0 saturated heterocycles. The number of carbonyl (C=O) groups is 1. The maximum absolute atomic E-state index is 12.1. The normalized spacial score (nSPS) is 23.1. The van der Waals surface area contributed by atoms with Gasteiger partial charge in [0.05, 0.1) is 10.6 Å². The first-order valence-corrected chi connectivity index (χ1v) is 7.29. The third-order valence-corrected chi connectivity index (χ3v) is 4.38. The molecule has 0 aromatic heterocycles. The van der Waals surface area contributed by atoms with Crippen molar-refractivity contribution in [3.63, 3.8) is 0 Å². The van der Waals surface area contributed by atoms with Crippen molar-refractivity contribution in [3.8, 4) is 0 Å². The fourth-order valence-corrected chi connectivity index (χ4v) is 2.94. The van der Waals surface area contributed by atoms with Crippen molar-refractivity contribution in [2.75, 3.05) is 12.3 Å². The fraction of sp³-hybridized carbons (Fsp3) is 0.533.